The van der Waals surface area contributed by atoms with Gasteiger partial charge in [0.1, 0.15) is 0 Å². The minimum absolute atomic E-state index is 0.0935. The summed E-state index contributed by atoms with van der Waals surface area (Å²) in [5.74, 6) is 2.34. The predicted octanol–water partition coefficient (Wildman–Crippen LogP) is 3.79. The van der Waals surface area contributed by atoms with E-state index < -0.39 is 0 Å². The summed E-state index contributed by atoms with van der Waals surface area (Å²) in [5, 5.41) is 6.62. The summed E-state index contributed by atoms with van der Waals surface area (Å²) in [7, 11) is 0. The molecule has 2 saturated carbocycles. The molecule has 3 rings (SSSR count). The van der Waals surface area contributed by atoms with Crippen LogP contribution < -0.4 is 10.6 Å². The highest BCUT2D eigenvalue weighted by molar-refractivity contribution is 6.30. The average Bonchev–Trinajstić information content (AvgIpc) is 3.22. The fourth-order valence-corrected chi connectivity index (χ4v) is 4.62. The third kappa shape index (κ3) is 4.75. The Bertz CT molecular complexity index is 617. The Morgan fingerprint density at radius 1 is 1.20 bits per heavy atom. The molecule has 0 aromatic heterocycles. The highest BCUT2D eigenvalue weighted by Gasteiger charge is 2.41. The van der Waals surface area contributed by atoms with E-state index in [1.165, 1.54) is 25.7 Å². The minimum atomic E-state index is -0.132. The van der Waals surface area contributed by atoms with E-state index in [1.807, 2.05) is 0 Å². The number of benzene rings is 1. The highest BCUT2D eigenvalue weighted by Crippen LogP contribution is 2.49. The third-order valence-corrected chi connectivity index (χ3v) is 6.05. The molecule has 0 spiro atoms. The Hall–Kier alpha value is -1.55. The molecule has 0 heterocycles. The van der Waals surface area contributed by atoms with Gasteiger partial charge in [-0.15, -0.1) is 0 Å². The minimum Gasteiger partial charge on any atom is -0.353 e. The van der Waals surface area contributed by atoms with E-state index in [2.05, 4.69) is 17.6 Å². The molecule has 1 aromatic carbocycles. The molecule has 2 N–H and O–H groups in total. The van der Waals surface area contributed by atoms with E-state index in [9.17, 15) is 9.59 Å². The van der Waals surface area contributed by atoms with Gasteiger partial charge in [0.05, 0.1) is 0 Å². The molecule has 2 aliphatic rings. The van der Waals surface area contributed by atoms with E-state index in [4.69, 9.17) is 11.6 Å². The fourth-order valence-electron chi connectivity index (χ4n) is 4.49. The van der Waals surface area contributed by atoms with Crippen LogP contribution in [0.25, 0.3) is 0 Å². The summed E-state index contributed by atoms with van der Waals surface area (Å²) in [4.78, 5) is 24.1. The monoisotopic (exact) mass is 362 g/mol. The van der Waals surface area contributed by atoms with Crippen LogP contribution in [0.2, 0.25) is 5.02 Å². The number of amides is 2. The molecular formula is C20H27ClN2O2. The van der Waals surface area contributed by atoms with Gasteiger partial charge in [0.25, 0.3) is 5.91 Å². The van der Waals surface area contributed by atoms with E-state index in [0.717, 1.165) is 11.8 Å². The molecule has 0 unspecified atom stereocenters. The van der Waals surface area contributed by atoms with E-state index in [0.29, 0.717) is 35.9 Å². The second-order valence-corrected chi connectivity index (χ2v) is 8.00. The first-order chi connectivity index (χ1) is 12.0. The van der Waals surface area contributed by atoms with Gasteiger partial charge in [-0.2, -0.15) is 0 Å². The Balaban J connectivity index is 1.32. The second-order valence-electron chi connectivity index (χ2n) is 7.56. The van der Waals surface area contributed by atoms with Gasteiger partial charge in [0, 0.05) is 29.6 Å². The molecule has 2 fully saturated rings. The normalized spacial score (nSPS) is 25.6. The molecule has 1 aromatic rings. The van der Waals surface area contributed by atoms with Gasteiger partial charge in [0.2, 0.25) is 5.91 Å². The van der Waals surface area contributed by atoms with Crippen LogP contribution in [0.1, 0.15) is 55.8 Å². The second kappa shape index (κ2) is 8.22. The van der Waals surface area contributed by atoms with E-state index in [1.54, 1.807) is 24.3 Å². The van der Waals surface area contributed by atoms with Crippen molar-refractivity contribution in [2.24, 2.45) is 17.8 Å². The van der Waals surface area contributed by atoms with Crippen LogP contribution in [-0.4, -0.2) is 24.4 Å². The van der Waals surface area contributed by atoms with E-state index in [-0.39, 0.29) is 17.9 Å². The quantitative estimate of drug-likeness (QED) is 0.725. The summed E-state index contributed by atoms with van der Waals surface area (Å²) in [6.45, 7) is 2.64. The predicted molar refractivity (Wildman–Crippen MR) is 99.6 cm³/mol. The van der Waals surface area contributed by atoms with Gasteiger partial charge in [0.15, 0.2) is 0 Å². The van der Waals surface area contributed by atoms with Crippen molar-refractivity contribution in [3.8, 4) is 0 Å². The van der Waals surface area contributed by atoms with Gasteiger partial charge in [-0.05, 0) is 74.6 Å². The number of carbonyl (C=O) groups excluding carboxylic acids is 2. The lowest BCUT2D eigenvalue weighted by Crippen LogP contribution is -2.40. The summed E-state index contributed by atoms with van der Waals surface area (Å²) in [6, 6.07) is 7.05. The number of halogens is 1. The molecular weight excluding hydrogens is 336 g/mol. The van der Waals surface area contributed by atoms with Crippen LogP contribution in [0.5, 0.6) is 0 Å². The first-order valence-electron chi connectivity index (χ1n) is 9.36. The zero-order chi connectivity index (χ0) is 17.8. The maximum atomic E-state index is 12.1. The van der Waals surface area contributed by atoms with Crippen molar-refractivity contribution in [3.05, 3.63) is 34.9 Å². The summed E-state index contributed by atoms with van der Waals surface area (Å²) < 4.78 is 0. The summed E-state index contributed by atoms with van der Waals surface area (Å²) in [5.41, 5.74) is 0.582. The molecule has 136 valence electrons. The maximum Gasteiger partial charge on any atom is 0.251 e. The van der Waals surface area contributed by atoms with Crippen LogP contribution in [0.15, 0.2) is 24.3 Å². The van der Waals surface area contributed by atoms with Crippen molar-refractivity contribution >= 4 is 23.4 Å². The zero-order valence-electron chi connectivity index (χ0n) is 14.8. The Morgan fingerprint density at radius 3 is 2.60 bits per heavy atom. The average molecular weight is 363 g/mol. The Kier molecular flexibility index (Phi) is 6.00. The lowest BCUT2D eigenvalue weighted by molar-refractivity contribution is -0.122. The molecule has 0 radical (unpaired) electrons. The summed E-state index contributed by atoms with van der Waals surface area (Å²) in [6.07, 6.45) is 6.47. The van der Waals surface area contributed by atoms with Gasteiger partial charge in [-0.25, -0.2) is 0 Å². The molecule has 4 nitrogen and oxygen atoms in total. The third-order valence-electron chi connectivity index (χ3n) is 5.80. The molecule has 5 heteroatoms. The van der Waals surface area contributed by atoms with Crippen LogP contribution >= 0.6 is 11.6 Å². The molecule has 0 saturated heterocycles. The molecule has 2 bridgehead atoms. The molecule has 4 atom stereocenters. The molecule has 2 amide bonds. The fraction of sp³-hybridized carbons (Fsp3) is 0.600. The van der Waals surface area contributed by atoms with Gasteiger partial charge in [-0.1, -0.05) is 18.0 Å². The number of carbonyl (C=O) groups is 2. The number of rotatable bonds is 7. The van der Waals surface area contributed by atoms with Crippen LogP contribution in [0.4, 0.5) is 0 Å². The van der Waals surface area contributed by atoms with Crippen molar-refractivity contribution in [1.29, 1.82) is 0 Å². The van der Waals surface area contributed by atoms with Crippen molar-refractivity contribution in [1.82, 2.24) is 10.6 Å². The largest absolute Gasteiger partial charge is 0.353 e. The molecule has 2 aliphatic carbocycles. The first kappa shape index (κ1) is 18.2. The molecule has 0 aliphatic heterocycles. The molecule has 25 heavy (non-hydrogen) atoms. The number of hydrogen-bond acceptors (Lipinski definition) is 2. The maximum absolute atomic E-state index is 12.1. The Morgan fingerprint density at radius 2 is 1.96 bits per heavy atom. The highest BCUT2D eigenvalue weighted by atomic mass is 35.5. The topological polar surface area (TPSA) is 58.2 Å². The lowest BCUT2D eigenvalue weighted by atomic mass is 9.84. The van der Waals surface area contributed by atoms with Gasteiger partial charge < -0.3 is 10.6 Å². The van der Waals surface area contributed by atoms with Crippen molar-refractivity contribution in [2.45, 2.75) is 51.5 Å². The number of fused-ring (bicyclic) bond motifs is 2. The Labute approximate surface area is 154 Å². The number of nitrogens with one attached hydrogen (secondary N) is 2. The zero-order valence-corrected chi connectivity index (χ0v) is 15.5. The van der Waals surface area contributed by atoms with Crippen LogP contribution in [-0.2, 0) is 4.79 Å². The van der Waals surface area contributed by atoms with E-state index >= 15 is 0 Å². The van der Waals surface area contributed by atoms with Crippen LogP contribution in [0, 0.1) is 17.8 Å². The van der Waals surface area contributed by atoms with Gasteiger partial charge in [-0.3, -0.25) is 9.59 Å². The lowest BCUT2D eigenvalue weighted by Gasteiger charge is -2.28. The van der Waals surface area contributed by atoms with Crippen molar-refractivity contribution in [2.75, 3.05) is 6.54 Å². The smallest absolute Gasteiger partial charge is 0.251 e. The van der Waals surface area contributed by atoms with Crippen LogP contribution in [0.3, 0.4) is 0 Å². The number of hydrogen-bond donors (Lipinski definition) is 2. The first-order valence-corrected chi connectivity index (χ1v) is 9.74. The SMILES string of the molecule is C[C@H](NC(=O)CCCNC(=O)c1ccc(Cl)cc1)[C@H]1C[C@@H]2CC[C@@H]1C2. The van der Waals surface area contributed by atoms with Crippen molar-refractivity contribution in [3.63, 3.8) is 0 Å². The van der Waals surface area contributed by atoms with Crippen molar-refractivity contribution < 1.29 is 9.59 Å². The summed E-state index contributed by atoms with van der Waals surface area (Å²) >= 11 is 5.81. The van der Waals surface area contributed by atoms with Gasteiger partial charge >= 0.3 is 0 Å². The standard InChI is InChI=1S/C20H27ClN2O2/c1-13(18-12-14-4-5-16(18)11-14)23-19(24)3-2-10-22-20(25)15-6-8-17(21)9-7-15/h6-9,13-14,16,18H,2-5,10-12H2,1H3,(H,22,25)(H,23,24)/t13-,14+,16+,18+/m0/s1.